The topological polar surface area (TPSA) is 12.2 Å². The zero-order valence-corrected chi connectivity index (χ0v) is 18.7. The summed E-state index contributed by atoms with van der Waals surface area (Å²) >= 11 is 0. The van der Waals surface area contributed by atoms with Crippen LogP contribution in [0.1, 0.15) is 27.8 Å². The lowest BCUT2D eigenvalue weighted by Gasteiger charge is -2.18. The number of hydrogen-bond donors (Lipinski definition) is 0. The first-order chi connectivity index (χ1) is 15.6. The number of benzene rings is 3. The average Bonchev–Trinajstić information content (AvgIpc) is 3.14. The Balaban J connectivity index is 1.55. The van der Waals surface area contributed by atoms with Crippen LogP contribution in [0.2, 0.25) is 0 Å². The molecule has 0 aromatic heterocycles. The fourth-order valence-corrected chi connectivity index (χ4v) is 4.05. The first kappa shape index (κ1) is 20.0. The highest BCUT2D eigenvalue weighted by Gasteiger charge is 2.22. The number of rotatable bonds is 3. The predicted molar refractivity (Wildman–Crippen MR) is 134 cm³/mol. The molecule has 2 aliphatic heterocycles. The van der Waals surface area contributed by atoms with E-state index in [2.05, 4.69) is 129 Å². The maximum atomic E-state index is 6.34. The van der Waals surface area contributed by atoms with Crippen LogP contribution in [0.25, 0.3) is 16.9 Å². The minimum atomic E-state index is 0.826. The second kappa shape index (κ2) is 8.32. The SMILES string of the molecule is Cc1ccc(C2=CC(=CC=C3C=[N+](C)c4ccccc43)OC(c3ccc(C)cc3)=C2)cc1. The third kappa shape index (κ3) is 4.00. The summed E-state index contributed by atoms with van der Waals surface area (Å²) in [5.41, 5.74) is 9.52. The monoisotopic (exact) mass is 416 g/mol. The molecule has 0 saturated heterocycles. The molecule has 32 heavy (non-hydrogen) atoms. The molecule has 156 valence electrons. The van der Waals surface area contributed by atoms with Gasteiger partial charge < -0.3 is 4.74 Å². The van der Waals surface area contributed by atoms with Crippen molar-refractivity contribution in [3.8, 4) is 0 Å². The molecule has 2 heteroatoms. The van der Waals surface area contributed by atoms with Gasteiger partial charge in [0.2, 0.25) is 5.69 Å². The van der Waals surface area contributed by atoms with Crippen molar-refractivity contribution < 1.29 is 9.31 Å². The molecule has 0 aliphatic carbocycles. The summed E-state index contributed by atoms with van der Waals surface area (Å²) < 4.78 is 8.50. The molecule has 0 atom stereocenters. The minimum absolute atomic E-state index is 0.826. The van der Waals surface area contributed by atoms with Gasteiger partial charge in [-0.25, -0.2) is 4.58 Å². The smallest absolute Gasteiger partial charge is 0.213 e. The summed E-state index contributed by atoms with van der Waals surface area (Å²) in [7, 11) is 2.08. The second-order valence-corrected chi connectivity index (χ2v) is 8.39. The van der Waals surface area contributed by atoms with Gasteiger partial charge >= 0.3 is 0 Å². The summed E-state index contributed by atoms with van der Waals surface area (Å²) in [6.07, 6.45) is 10.6. The molecule has 0 radical (unpaired) electrons. The minimum Gasteiger partial charge on any atom is -0.457 e. The quantitative estimate of drug-likeness (QED) is 0.415. The molecule has 0 unspecified atom stereocenters. The third-order valence-corrected chi connectivity index (χ3v) is 5.89. The summed E-state index contributed by atoms with van der Waals surface area (Å²) in [6, 6.07) is 25.6. The van der Waals surface area contributed by atoms with Crippen LogP contribution in [0.15, 0.2) is 103 Å². The third-order valence-electron chi connectivity index (χ3n) is 5.89. The molecule has 0 fully saturated rings. The standard InChI is InChI=1S/C30H26NO/c1-21-8-12-23(13-9-21)26-18-27(32-30(19-26)24-14-10-22(2)11-15-24)17-16-25-20-31(3)29-7-5-4-6-28(25)29/h4-20H,1-3H3/q+1. The molecule has 5 rings (SSSR count). The predicted octanol–water partition coefficient (Wildman–Crippen LogP) is 7.08. The number of para-hydroxylation sites is 1. The highest BCUT2D eigenvalue weighted by molar-refractivity contribution is 6.12. The zero-order valence-electron chi connectivity index (χ0n) is 18.7. The normalized spacial score (nSPS) is 17.5. The van der Waals surface area contributed by atoms with Gasteiger partial charge in [0.15, 0.2) is 6.21 Å². The van der Waals surface area contributed by atoms with Crippen LogP contribution in [0.3, 0.4) is 0 Å². The van der Waals surface area contributed by atoms with E-state index in [-0.39, 0.29) is 0 Å². The van der Waals surface area contributed by atoms with Crippen molar-refractivity contribution in [3.63, 3.8) is 0 Å². The number of hydrogen-bond acceptors (Lipinski definition) is 1. The maximum absolute atomic E-state index is 6.34. The summed E-state index contributed by atoms with van der Waals surface area (Å²) in [4.78, 5) is 0. The van der Waals surface area contributed by atoms with Gasteiger partial charge in [-0.3, -0.25) is 0 Å². The van der Waals surface area contributed by atoms with E-state index in [0.29, 0.717) is 0 Å². The zero-order chi connectivity index (χ0) is 22.1. The average molecular weight is 417 g/mol. The fourth-order valence-electron chi connectivity index (χ4n) is 4.05. The largest absolute Gasteiger partial charge is 0.457 e. The van der Waals surface area contributed by atoms with Gasteiger partial charge in [0.25, 0.3) is 0 Å². The van der Waals surface area contributed by atoms with Gasteiger partial charge in [0, 0.05) is 11.6 Å². The van der Waals surface area contributed by atoms with Crippen molar-refractivity contribution in [3.05, 3.63) is 131 Å². The second-order valence-electron chi connectivity index (χ2n) is 8.39. The molecular formula is C30H26NO+. The van der Waals surface area contributed by atoms with Gasteiger partial charge in [0.1, 0.15) is 18.6 Å². The first-order valence-electron chi connectivity index (χ1n) is 10.9. The van der Waals surface area contributed by atoms with Crippen molar-refractivity contribution in [1.82, 2.24) is 0 Å². The Hall–Kier alpha value is -3.91. The number of ether oxygens (including phenoxy) is 1. The molecule has 3 aromatic rings. The van der Waals surface area contributed by atoms with Crippen LogP contribution >= 0.6 is 0 Å². The van der Waals surface area contributed by atoms with E-state index in [4.69, 9.17) is 4.74 Å². The molecule has 0 spiro atoms. The van der Waals surface area contributed by atoms with Crippen LogP contribution < -0.4 is 0 Å². The molecule has 0 saturated carbocycles. The molecule has 0 N–H and O–H groups in total. The summed E-state index contributed by atoms with van der Waals surface area (Å²) in [6.45, 7) is 4.21. The number of nitrogens with zero attached hydrogens (tertiary/aromatic N) is 1. The van der Waals surface area contributed by atoms with Crippen molar-refractivity contribution in [1.29, 1.82) is 0 Å². The van der Waals surface area contributed by atoms with Gasteiger partial charge in [-0.1, -0.05) is 71.8 Å². The van der Waals surface area contributed by atoms with Crippen LogP contribution in [0, 0.1) is 13.8 Å². The van der Waals surface area contributed by atoms with E-state index >= 15 is 0 Å². The van der Waals surface area contributed by atoms with Gasteiger partial charge in [-0.2, -0.15) is 0 Å². The van der Waals surface area contributed by atoms with Crippen LogP contribution in [-0.2, 0) is 4.74 Å². The van der Waals surface area contributed by atoms with Crippen molar-refractivity contribution in [2.45, 2.75) is 13.8 Å². The number of fused-ring (bicyclic) bond motifs is 1. The van der Waals surface area contributed by atoms with Gasteiger partial charge in [0.05, 0.1) is 11.1 Å². The molecule has 2 heterocycles. The summed E-state index contributed by atoms with van der Waals surface area (Å²) in [5.74, 6) is 1.69. The first-order valence-corrected chi connectivity index (χ1v) is 10.9. The Morgan fingerprint density at radius 3 is 2.09 bits per heavy atom. The highest BCUT2D eigenvalue weighted by Crippen LogP contribution is 2.33. The van der Waals surface area contributed by atoms with E-state index in [1.165, 1.54) is 33.5 Å². The van der Waals surface area contributed by atoms with Gasteiger partial charge in [-0.15, -0.1) is 0 Å². The Morgan fingerprint density at radius 2 is 1.38 bits per heavy atom. The fraction of sp³-hybridized carbons (Fsp3) is 0.100. The van der Waals surface area contributed by atoms with Gasteiger partial charge in [-0.05, 0) is 55.4 Å². The number of allylic oxidation sites excluding steroid dienone is 6. The highest BCUT2D eigenvalue weighted by atomic mass is 16.5. The van der Waals surface area contributed by atoms with Crippen molar-refractivity contribution in [2.24, 2.45) is 0 Å². The Morgan fingerprint density at radius 1 is 0.719 bits per heavy atom. The molecule has 0 bridgehead atoms. The lowest BCUT2D eigenvalue weighted by Crippen LogP contribution is -1.99. The van der Waals surface area contributed by atoms with Crippen LogP contribution in [0.5, 0.6) is 0 Å². The van der Waals surface area contributed by atoms with E-state index < -0.39 is 0 Å². The maximum Gasteiger partial charge on any atom is 0.213 e. The van der Waals surface area contributed by atoms with E-state index in [1.54, 1.807) is 0 Å². The van der Waals surface area contributed by atoms with E-state index in [9.17, 15) is 0 Å². The molecule has 0 amide bonds. The van der Waals surface area contributed by atoms with E-state index in [0.717, 1.165) is 22.7 Å². The Labute approximate surface area is 189 Å². The molecule has 2 aliphatic rings. The molecule has 3 aromatic carbocycles. The van der Waals surface area contributed by atoms with Crippen LogP contribution in [-0.4, -0.2) is 17.8 Å². The molecular weight excluding hydrogens is 390 g/mol. The lowest BCUT2D eigenvalue weighted by molar-refractivity contribution is -0.395. The Kier molecular flexibility index (Phi) is 5.20. The Bertz CT molecular complexity index is 1330. The van der Waals surface area contributed by atoms with Crippen molar-refractivity contribution >= 4 is 28.8 Å². The lowest BCUT2D eigenvalue weighted by atomic mass is 9.99. The van der Waals surface area contributed by atoms with Crippen molar-refractivity contribution in [2.75, 3.05) is 7.05 Å². The van der Waals surface area contributed by atoms with Crippen LogP contribution in [0.4, 0.5) is 5.69 Å². The molecule has 2 nitrogen and oxygen atoms in total. The van der Waals surface area contributed by atoms with E-state index in [1.807, 2.05) is 0 Å². The number of aryl methyl sites for hydroxylation is 2. The summed E-state index contributed by atoms with van der Waals surface area (Å²) in [5, 5.41) is 0.